The highest BCUT2D eigenvalue weighted by Gasteiger charge is 2.26. The van der Waals surface area contributed by atoms with Crippen molar-refractivity contribution >= 4 is 11.6 Å². The molecular formula is C26H25FN4O3. The first kappa shape index (κ1) is 22.0. The van der Waals surface area contributed by atoms with Crippen LogP contribution in [0.25, 0.3) is 5.65 Å². The molecule has 5 rings (SSSR count). The molecule has 1 aliphatic heterocycles. The SMILES string of the molecule is O=C(c1cnn2cccnc12)N(Cc1ccc(OCc2cccc(F)c2)cc1)C[C@@H]1CCCO1. The van der Waals surface area contributed by atoms with E-state index in [4.69, 9.17) is 9.47 Å². The maximum absolute atomic E-state index is 13.5. The Morgan fingerprint density at radius 1 is 1.18 bits per heavy atom. The van der Waals surface area contributed by atoms with Gasteiger partial charge in [-0.05, 0) is 54.3 Å². The zero-order chi connectivity index (χ0) is 23.3. The molecule has 0 aliphatic carbocycles. The average Bonchev–Trinajstić information content (AvgIpc) is 3.53. The van der Waals surface area contributed by atoms with Gasteiger partial charge in [0.15, 0.2) is 5.65 Å². The molecule has 2 aromatic heterocycles. The Hall–Kier alpha value is -3.78. The van der Waals surface area contributed by atoms with Crippen LogP contribution in [0.2, 0.25) is 0 Å². The van der Waals surface area contributed by atoms with Gasteiger partial charge >= 0.3 is 0 Å². The number of aromatic nitrogens is 3. The summed E-state index contributed by atoms with van der Waals surface area (Å²) in [6.07, 6.45) is 6.95. The van der Waals surface area contributed by atoms with E-state index >= 15 is 0 Å². The molecule has 7 nitrogen and oxygen atoms in total. The standard InChI is InChI=1S/C26H25FN4O3/c27-21-5-1-4-20(14-21)18-34-22-9-7-19(8-10-22)16-30(17-23-6-2-13-33-23)26(32)24-15-29-31-12-3-11-28-25(24)31/h1,3-5,7-12,14-15,23H,2,6,13,16-18H2/t23-/m0/s1. The molecule has 34 heavy (non-hydrogen) atoms. The van der Waals surface area contributed by atoms with E-state index in [0.29, 0.717) is 30.0 Å². The Bertz CT molecular complexity index is 1270. The second-order valence-electron chi connectivity index (χ2n) is 8.33. The van der Waals surface area contributed by atoms with Crippen molar-refractivity contribution in [1.29, 1.82) is 0 Å². The Balaban J connectivity index is 1.30. The molecule has 0 saturated carbocycles. The Morgan fingerprint density at radius 3 is 2.85 bits per heavy atom. The van der Waals surface area contributed by atoms with Crippen LogP contribution in [0, 0.1) is 5.82 Å². The number of rotatable bonds is 8. The van der Waals surface area contributed by atoms with Crippen LogP contribution in [-0.4, -0.2) is 44.7 Å². The van der Waals surface area contributed by atoms with Gasteiger partial charge in [0.05, 0.1) is 12.3 Å². The third-order valence-electron chi connectivity index (χ3n) is 5.84. The molecule has 2 aromatic carbocycles. The van der Waals surface area contributed by atoms with Gasteiger partial charge in [0.25, 0.3) is 5.91 Å². The van der Waals surface area contributed by atoms with Gasteiger partial charge in [-0.25, -0.2) is 13.9 Å². The van der Waals surface area contributed by atoms with Crippen LogP contribution in [0.3, 0.4) is 0 Å². The van der Waals surface area contributed by atoms with E-state index < -0.39 is 0 Å². The van der Waals surface area contributed by atoms with E-state index in [0.717, 1.165) is 30.6 Å². The molecule has 0 radical (unpaired) electrons. The molecule has 0 N–H and O–H groups in total. The fourth-order valence-corrected chi connectivity index (χ4v) is 4.11. The van der Waals surface area contributed by atoms with Crippen molar-refractivity contribution in [3.05, 3.63) is 95.7 Å². The number of amides is 1. The van der Waals surface area contributed by atoms with Gasteiger partial charge in [0.1, 0.15) is 23.7 Å². The molecule has 0 unspecified atom stereocenters. The topological polar surface area (TPSA) is 69.0 Å². The van der Waals surface area contributed by atoms with E-state index in [1.807, 2.05) is 30.3 Å². The number of hydrogen-bond donors (Lipinski definition) is 0. The van der Waals surface area contributed by atoms with E-state index in [1.54, 1.807) is 40.1 Å². The molecule has 174 valence electrons. The fourth-order valence-electron chi connectivity index (χ4n) is 4.11. The lowest BCUT2D eigenvalue weighted by Gasteiger charge is -2.25. The summed E-state index contributed by atoms with van der Waals surface area (Å²) in [6.45, 7) is 1.93. The van der Waals surface area contributed by atoms with Crippen molar-refractivity contribution in [2.75, 3.05) is 13.2 Å². The van der Waals surface area contributed by atoms with Gasteiger partial charge in [0.2, 0.25) is 0 Å². The van der Waals surface area contributed by atoms with Gasteiger partial charge in [-0.2, -0.15) is 5.10 Å². The number of carbonyl (C=O) groups is 1. The van der Waals surface area contributed by atoms with Gasteiger partial charge < -0.3 is 14.4 Å². The third-order valence-corrected chi connectivity index (χ3v) is 5.84. The number of fused-ring (bicyclic) bond motifs is 1. The zero-order valence-electron chi connectivity index (χ0n) is 18.6. The van der Waals surface area contributed by atoms with Crippen LogP contribution in [0.4, 0.5) is 4.39 Å². The molecule has 1 fully saturated rings. The van der Waals surface area contributed by atoms with Crippen LogP contribution < -0.4 is 4.74 Å². The van der Waals surface area contributed by atoms with Gasteiger partial charge in [-0.3, -0.25) is 4.79 Å². The first-order valence-corrected chi connectivity index (χ1v) is 11.3. The van der Waals surface area contributed by atoms with Crippen molar-refractivity contribution in [3.8, 4) is 5.75 Å². The van der Waals surface area contributed by atoms with Gasteiger partial charge in [-0.1, -0.05) is 24.3 Å². The van der Waals surface area contributed by atoms with Gasteiger partial charge in [-0.15, -0.1) is 0 Å². The van der Waals surface area contributed by atoms with E-state index in [9.17, 15) is 9.18 Å². The fraction of sp³-hybridized carbons (Fsp3) is 0.269. The van der Waals surface area contributed by atoms with Crippen molar-refractivity contribution in [1.82, 2.24) is 19.5 Å². The summed E-state index contributed by atoms with van der Waals surface area (Å²) >= 11 is 0. The number of carbonyl (C=O) groups excluding carboxylic acids is 1. The highest BCUT2D eigenvalue weighted by Crippen LogP contribution is 2.21. The van der Waals surface area contributed by atoms with E-state index in [2.05, 4.69) is 10.1 Å². The van der Waals surface area contributed by atoms with E-state index in [-0.39, 0.29) is 24.4 Å². The smallest absolute Gasteiger partial charge is 0.259 e. The first-order valence-electron chi connectivity index (χ1n) is 11.3. The molecule has 8 heteroatoms. The lowest BCUT2D eigenvalue weighted by Crippen LogP contribution is -2.37. The molecule has 0 bridgehead atoms. The molecule has 3 heterocycles. The number of benzene rings is 2. The van der Waals surface area contributed by atoms with Crippen LogP contribution in [0.1, 0.15) is 34.3 Å². The summed E-state index contributed by atoms with van der Waals surface area (Å²) in [5.41, 5.74) is 2.73. The van der Waals surface area contributed by atoms with Crippen LogP contribution in [0.15, 0.2) is 73.2 Å². The van der Waals surface area contributed by atoms with Gasteiger partial charge in [0, 0.05) is 32.1 Å². The number of halogens is 1. The highest BCUT2D eigenvalue weighted by molar-refractivity contribution is 5.99. The predicted molar refractivity (Wildman–Crippen MR) is 124 cm³/mol. The third kappa shape index (κ3) is 5.07. The number of nitrogens with zero attached hydrogens (tertiary/aromatic N) is 4. The molecule has 1 amide bonds. The summed E-state index contributed by atoms with van der Waals surface area (Å²) in [5, 5.41) is 4.26. The second-order valence-corrected chi connectivity index (χ2v) is 8.33. The monoisotopic (exact) mass is 460 g/mol. The average molecular weight is 461 g/mol. The molecule has 1 aliphatic rings. The van der Waals surface area contributed by atoms with Crippen LogP contribution >= 0.6 is 0 Å². The molecule has 1 atom stereocenters. The number of ether oxygens (including phenoxy) is 2. The summed E-state index contributed by atoms with van der Waals surface area (Å²) in [4.78, 5) is 19.6. The quantitative estimate of drug-likeness (QED) is 0.393. The lowest BCUT2D eigenvalue weighted by atomic mass is 10.1. The summed E-state index contributed by atoms with van der Waals surface area (Å²) in [5.74, 6) is 0.265. The molecular weight excluding hydrogens is 435 g/mol. The summed E-state index contributed by atoms with van der Waals surface area (Å²) in [6, 6.07) is 15.7. The molecule has 0 spiro atoms. The molecule has 1 saturated heterocycles. The minimum atomic E-state index is -0.283. The van der Waals surface area contributed by atoms with Crippen molar-refractivity contribution in [2.45, 2.75) is 32.1 Å². The lowest BCUT2D eigenvalue weighted by molar-refractivity contribution is 0.0508. The Kier molecular flexibility index (Phi) is 6.49. The van der Waals surface area contributed by atoms with Crippen LogP contribution in [0.5, 0.6) is 5.75 Å². The van der Waals surface area contributed by atoms with Crippen molar-refractivity contribution < 1.29 is 18.7 Å². The minimum Gasteiger partial charge on any atom is -0.489 e. The predicted octanol–water partition coefficient (Wildman–Crippen LogP) is 4.27. The zero-order valence-corrected chi connectivity index (χ0v) is 18.6. The highest BCUT2D eigenvalue weighted by atomic mass is 19.1. The van der Waals surface area contributed by atoms with Crippen molar-refractivity contribution in [3.63, 3.8) is 0 Å². The van der Waals surface area contributed by atoms with Crippen LogP contribution in [-0.2, 0) is 17.9 Å². The normalized spacial score (nSPS) is 15.5. The summed E-state index contributed by atoms with van der Waals surface area (Å²) < 4.78 is 26.5. The largest absolute Gasteiger partial charge is 0.489 e. The summed E-state index contributed by atoms with van der Waals surface area (Å²) in [7, 11) is 0. The van der Waals surface area contributed by atoms with Crippen molar-refractivity contribution in [2.24, 2.45) is 0 Å². The van der Waals surface area contributed by atoms with E-state index in [1.165, 1.54) is 12.1 Å². The Labute approximate surface area is 196 Å². The maximum Gasteiger partial charge on any atom is 0.259 e. The second kappa shape index (κ2) is 10.0. The first-order chi connectivity index (χ1) is 16.7. The minimum absolute atomic E-state index is 0.0209. The molecule has 4 aromatic rings. The maximum atomic E-state index is 13.5. The number of hydrogen-bond acceptors (Lipinski definition) is 5. The Morgan fingerprint density at radius 2 is 2.06 bits per heavy atom.